The van der Waals surface area contributed by atoms with Gasteiger partial charge in [0.2, 0.25) is 5.95 Å². The predicted molar refractivity (Wildman–Crippen MR) is 126 cm³/mol. The number of carbonyl (C=O) groups excluding carboxylic acids is 1. The minimum absolute atomic E-state index is 0.258. The van der Waals surface area contributed by atoms with Crippen LogP contribution in [0, 0.1) is 11.8 Å². The van der Waals surface area contributed by atoms with Gasteiger partial charge in [-0.3, -0.25) is 4.79 Å². The van der Waals surface area contributed by atoms with Gasteiger partial charge in [0.25, 0.3) is 0 Å². The Kier molecular flexibility index (Phi) is 6.39. The standard InChI is InChI=1S/C24H33N5O3/c1-5-15-11-16(30)12-20(17(15)6-2)28-7-9-29(10-8-28)24-26-19-14-22(32-4)21(31-3)13-18(19)23(25)27-24/h12-15,17H,5-11H2,1-4H3,(H2,25,26,27). The molecule has 8 nitrogen and oxygen atoms in total. The van der Waals surface area contributed by atoms with E-state index in [9.17, 15) is 4.79 Å². The van der Waals surface area contributed by atoms with E-state index in [2.05, 4.69) is 28.6 Å². The molecule has 2 unspecified atom stereocenters. The zero-order valence-electron chi connectivity index (χ0n) is 19.4. The maximum atomic E-state index is 12.3. The molecule has 1 aliphatic heterocycles. The lowest BCUT2D eigenvalue weighted by atomic mass is 9.77. The summed E-state index contributed by atoms with van der Waals surface area (Å²) in [5, 5.41) is 0.743. The van der Waals surface area contributed by atoms with Crippen molar-refractivity contribution in [1.82, 2.24) is 14.9 Å². The number of nitrogen functional groups attached to an aromatic ring is 1. The lowest BCUT2D eigenvalue weighted by molar-refractivity contribution is -0.116. The Balaban J connectivity index is 1.54. The summed E-state index contributed by atoms with van der Waals surface area (Å²) in [6.07, 6.45) is 4.67. The number of hydrogen-bond donors (Lipinski definition) is 1. The van der Waals surface area contributed by atoms with Crippen LogP contribution in [0.15, 0.2) is 23.9 Å². The lowest BCUT2D eigenvalue weighted by Crippen LogP contribution is -2.48. The normalized spacial score (nSPS) is 21.6. The summed E-state index contributed by atoms with van der Waals surface area (Å²) in [4.78, 5) is 26.2. The van der Waals surface area contributed by atoms with Crippen LogP contribution < -0.4 is 20.1 Å². The van der Waals surface area contributed by atoms with E-state index in [0.29, 0.717) is 41.5 Å². The summed E-state index contributed by atoms with van der Waals surface area (Å²) < 4.78 is 10.8. The average molecular weight is 440 g/mol. The van der Waals surface area contributed by atoms with Gasteiger partial charge < -0.3 is 25.0 Å². The van der Waals surface area contributed by atoms with Gasteiger partial charge in [0.05, 0.1) is 19.7 Å². The average Bonchev–Trinajstić information content (AvgIpc) is 2.82. The number of rotatable bonds is 6. The summed E-state index contributed by atoms with van der Waals surface area (Å²) >= 11 is 0. The molecule has 0 radical (unpaired) electrons. The number of carbonyl (C=O) groups is 1. The number of methoxy groups -OCH3 is 2. The van der Waals surface area contributed by atoms with Gasteiger partial charge in [-0.1, -0.05) is 20.3 Å². The van der Waals surface area contributed by atoms with Crippen LogP contribution in [0.25, 0.3) is 10.9 Å². The molecular formula is C24H33N5O3. The third-order valence-corrected chi connectivity index (χ3v) is 6.83. The monoisotopic (exact) mass is 439 g/mol. The fraction of sp³-hybridized carbons (Fsp3) is 0.542. The van der Waals surface area contributed by atoms with E-state index in [4.69, 9.17) is 20.2 Å². The van der Waals surface area contributed by atoms with Gasteiger partial charge in [-0.2, -0.15) is 4.98 Å². The molecule has 1 aromatic carbocycles. The van der Waals surface area contributed by atoms with Crippen molar-refractivity contribution in [2.75, 3.05) is 51.0 Å². The molecule has 4 rings (SSSR count). The zero-order valence-corrected chi connectivity index (χ0v) is 19.4. The number of aromatic nitrogens is 2. The van der Waals surface area contributed by atoms with Gasteiger partial charge in [-0.25, -0.2) is 4.98 Å². The topological polar surface area (TPSA) is 93.8 Å². The smallest absolute Gasteiger partial charge is 0.228 e. The number of hydrogen-bond acceptors (Lipinski definition) is 8. The van der Waals surface area contributed by atoms with E-state index in [1.807, 2.05) is 18.2 Å². The number of nitrogens with two attached hydrogens (primary N) is 1. The first-order chi connectivity index (χ1) is 15.5. The van der Waals surface area contributed by atoms with Crippen LogP contribution in [0.5, 0.6) is 11.5 Å². The molecule has 0 spiro atoms. The van der Waals surface area contributed by atoms with Crippen LogP contribution in [-0.2, 0) is 4.79 Å². The summed E-state index contributed by atoms with van der Waals surface area (Å²) in [6.45, 7) is 7.63. The van der Waals surface area contributed by atoms with Crippen molar-refractivity contribution in [2.24, 2.45) is 11.8 Å². The number of ether oxygens (including phenoxy) is 2. The lowest BCUT2D eigenvalue weighted by Gasteiger charge is -2.42. The van der Waals surface area contributed by atoms with E-state index in [-0.39, 0.29) is 5.78 Å². The second-order valence-electron chi connectivity index (χ2n) is 8.53. The molecule has 1 fully saturated rings. The second kappa shape index (κ2) is 9.22. The number of allylic oxidation sites excluding steroid dienone is 2. The maximum absolute atomic E-state index is 12.3. The first kappa shape index (κ1) is 22.2. The number of piperazine rings is 1. The van der Waals surface area contributed by atoms with E-state index in [1.54, 1.807) is 14.2 Å². The largest absolute Gasteiger partial charge is 0.493 e. The number of fused-ring (bicyclic) bond motifs is 1. The fourth-order valence-electron chi connectivity index (χ4n) is 5.04. The molecular weight excluding hydrogens is 406 g/mol. The van der Waals surface area contributed by atoms with Crippen LogP contribution in [0.1, 0.15) is 33.1 Å². The van der Waals surface area contributed by atoms with E-state index < -0.39 is 0 Å². The third-order valence-electron chi connectivity index (χ3n) is 6.83. The second-order valence-corrected chi connectivity index (χ2v) is 8.53. The van der Waals surface area contributed by atoms with Gasteiger partial charge in [-0.05, 0) is 18.4 Å². The summed E-state index contributed by atoms with van der Waals surface area (Å²) in [7, 11) is 3.20. The van der Waals surface area contributed by atoms with Gasteiger partial charge in [-0.15, -0.1) is 0 Å². The number of benzene rings is 1. The summed E-state index contributed by atoms with van der Waals surface area (Å²) in [6, 6.07) is 3.65. The molecule has 0 amide bonds. The van der Waals surface area contributed by atoms with Crippen molar-refractivity contribution in [1.29, 1.82) is 0 Å². The van der Waals surface area contributed by atoms with Crippen LogP contribution in [0.4, 0.5) is 11.8 Å². The third kappa shape index (κ3) is 4.06. The van der Waals surface area contributed by atoms with Crippen molar-refractivity contribution in [3.05, 3.63) is 23.9 Å². The van der Waals surface area contributed by atoms with Crippen LogP contribution >= 0.6 is 0 Å². The molecule has 2 atom stereocenters. The van der Waals surface area contributed by atoms with Crippen molar-refractivity contribution in [3.8, 4) is 11.5 Å². The number of ketones is 1. The minimum atomic E-state index is 0.258. The van der Waals surface area contributed by atoms with Crippen molar-refractivity contribution in [3.63, 3.8) is 0 Å². The molecule has 8 heteroatoms. The molecule has 2 N–H and O–H groups in total. The van der Waals surface area contributed by atoms with Gasteiger partial charge in [0.15, 0.2) is 17.3 Å². The molecule has 2 aliphatic rings. The van der Waals surface area contributed by atoms with Gasteiger partial charge in [0.1, 0.15) is 5.82 Å². The molecule has 1 aliphatic carbocycles. The zero-order chi connectivity index (χ0) is 22.8. The van der Waals surface area contributed by atoms with E-state index >= 15 is 0 Å². The van der Waals surface area contributed by atoms with Gasteiger partial charge >= 0.3 is 0 Å². The summed E-state index contributed by atoms with van der Waals surface area (Å²) in [5.74, 6) is 3.41. The molecule has 0 bridgehead atoms. The molecule has 2 aromatic rings. The Bertz CT molecular complexity index is 1030. The fourth-order valence-corrected chi connectivity index (χ4v) is 5.04. The molecule has 1 saturated heterocycles. The van der Waals surface area contributed by atoms with Crippen molar-refractivity contribution >= 4 is 28.5 Å². The highest BCUT2D eigenvalue weighted by atomic mass is 16.5. The molecule has 172 valence electrons. The van der Waals surface area contributed by atoms with Crippen molar-refractivity contribution < 1.29 is 14.3 Å². The number of anilines is 2. The highest BCUT2D eigenvalue weighted by Crippen LogP contribution is 2.37. The van der Waals surface area contributed by atoms with Gasteiger partial charge in [0, 0.05) is 61.7 Å². The molecule has 1 aromatic heterocycles. The Morgan fingerprint density at radius 1 is 1.00 bits per heavy atom. The number of nitrogens with zero attached hydrogens (tertiary/aromatic N) is 4. The molecule has 32 heavy (non-hydrogen) atoms. The Hall–Kier alpha value is -3.03. The highest BCUT2D eigenvalue weighted by molar-refractivity contribution is 5.92. The summed E-state index contributed by atoms with van der Waals surface area (Å²) in [5.41, 5.74) is 8.21. The van der Waals surface area contributed by atoms with Crippen LogP contribution in [-0.4, -0.2) is 61.0 Å². The van der Waals surface area contributed by atoms with Crippen LogP contribution in [0.3, 0.4) is 0 Å². The predicted octanol–water partition coefficient (Wildman–Crippen LogP) is 3.26. The van der Waals surface area contributed by atoms with Crippen LogP contribution in [0.2, 0.25) is 0 Å². The van der Waals surface area contributed by atoms with E-state index in [0.717, 1.165) is 49.9 Å². The van der Waals surface area contributed by atoms with Crippen molar-refractivity contribution in [2.45, 2.75) is 33.1 Å². The SMILES string of the molecule is CCC1CC(=O)C=C(N2CCN(c3nc(N)c4cc(OC)c(OC)cc4n3)CC2)C1CC. The Morgan fingerprint density at radius 3 is 2.28 bits per heavy atom. The van der Waals surface area contributed by atoms with E-state index in [1.165, 1.54) is 5.70 Å². The minimum Gasteiger partial charge on any atom is -0.493 e. The molecule has 2 heterocycles. The highest BCUT2D eigenvalue weighted by Gasteiger charge is 2.33. The molecule has 0 saturated carbocycles. The first-order valence-corrected chi connectivity index (χ1v) is 11.4. The maximum Gasteiger partial charge on any atom is 0.228 e. The quantitative estimate of drug-likeness (QED) is 0.733. The Morgan fingerprint density at radius 2 is 1.66 bits per heavy atom. The Labute approximate surface area is 189 Å². The first-order valence-electron chi connectivity index (χ1n) is 11.4.